The molecule has 0 aliphatic rings. The predicted molar refractivity (Wildman–Crippen MR) is 102 cm³/mol. The van der Waals surface area contributed by atoms with E-state index in [1.165, 1.54) is 0 Å². The Bertz CT molecular complexity index is 1080. The van der Waals surface area contributed by atoms with Crippen molar-refractivity contribution in [2.24, 2.45) is 7.05 Å². The van der Waals surface area contributed by atoms with E-state index < -0.39 is 0 Å². The van der Waals surface area contributed by atoms with Crippen LogP contribution in [0.2, 0.25) is 5.02 Å². The molecule has 26 heavy (non-hydrogen) atoms. The Hall–Kier alpha value is -2.92. The lowest BCUT2D eigenvalue weighted by atomic mass is 10.2. The number of nitrogens with zero attached hydrogens (tertiary/aromatic N) is 4. The maximum absolute atomic E-state index is 6.04. The number of fused-ring (bicyclic) bond motifs is 1. The Morgan fingerprint density at radius 2 is 1.81 bits per heavy atom. The number of halogens is 1. The minimum atomic E-state index is 0.310. The fourth-order valence-electron chi connectivity index (χ4n) is 2.76. The minimum absolute atomic E-state index is 0.310. The van der Waals surface area contributed by atoms with Crippen molar-refractivity contribution in [2.75, 3.05) is 0 Å². The molecule has 0 aliphatic heterocycles. The van der Waals surface area contributed by atoms with E-state index in [0.29, 0.717) is 23.0 Å². The molecule has 0 saturated heterocycles. The van der Waals surface area contributed by atoms with Crippen molar-refractivity contribution in [1.29, 1.82) is 0 Å². The maximum Gasteiger partial charge on any atom is 0.236 e. The molecule has 0 saturated carbocycles. The van der Waals surface area contributed by atoms with Gasteiger partial charge in [-0.05, 0) is 25.1 Å². The second-order valence-corrected chi connectivity index (χ2v) is 6.49. The summed E-state index contributed by atoms with van der Waals surface area (Å²) in [5.41, 5.74) is 4.23. The smallest absolute Gasteiger partial charge is 0.236 e. The summed E-state index contributed by atoms with van der Waals surface area (Å²) in [6.45, 7) is 2.19. The molecular formula is C20H17ClN4O. The van der Waals surface area contributed by atoms with Gasteiger partial charge in [-0.1, -0.05) is 41.9 Å². The van der Waals surface area contributed by atoms with Gasteiger partial charge in [-0.3, -0.25) is 0 Å². The molecule has 0 aliphatic carbocycles. The van der Waals surface area contributed by atoms with E-state index in [1.807, 2.05) is 61.1 Å². The first-order chi connectivity index (χ1) is 12.6. The number of benzene rings is 2. The summed E-state index contributed by atoms with van der Waals surface area (Å²) in [5, 5.41) is 0.623. The van der Waals surface area contributed by atoms with E-state index in [1.54, 1.807) is 12.1 Å². The highest BCUT2D eigenvalue weighted by molar-refractivity contribution is 6.31. The van der Waals surface area contributed by atoms with E-state index in [-0.39, 0.29) is 0 Å². The minimum Gasteiger partial charge on any atom is -0.468 e. The first-order valence-corrected chi connectivity index (χ1v) is 8.62. The van der Waals surface area contributed by atoms with Gasteiger partial charge >= 0.3 is 0 Å². The number of imidazole rings is 1. The van der Waals surface area contributed by atoms with Gasteiger partial charge < -0.3 is 9.30 Å². The van der Waals surface area contributed by atoms with Gasteiger partial charge in [0.05, 0.1) is 16.7 Å². The molecule has 130 valence electrons. The monoisotopic (exact) mass is 364 g/mol. The van der Waals surface area contributed by atoms with Gasteiger partial charge in [0.2, 0.25) is 5.88 Å². The van der Waals surface area contributed by atoms with Crippen molar-refractivity contribution in [3.63, 3.8) is 0 Å². The molecule has 0 fully saturated rings. The zero-order valence-electron chi connectivity index (χ0n) is 14.5. The fraction of sp³-hybridized carbons (Fsp3) is 0.150. The molecule has 0 N–H and O–H groups in total. The molecule has 2 aromatic carbocycles. The number of aryl methyl sites for hydroxylation is 2. The number of hydrogen-bond donors (Lipinski definition) is 0. The summed E-state index contributed by atoms with van der Waals surface area (Å²) >= 11 is 6.04. The van der Waals surface area contributed by atoms with Crippen LogP contribution in [0.5, 0.6) is 5.88 Å². The van der Waals surface area contributed by atoms with Gasteiger partial charge in [-0.2, -0.15) is 0 Å². The molecule has 2 aromatic heterocycles. The second kappa shape index (κ2) is 6.77. The van der Waals surface area contributed by atoms with Crippen LogP contribution < -0.4 is 4.74 Å². The fourth-order valence-corrected chi connectivity index (χ4v) is 2.92. The Labute approximate surface area is 156 Å². The molecule has 0 bridgehead atoms. The summed E-state index contributed by atoms with van der Waals surface area (Å²) in [5.74, 6) is 1.31. The molecule has 2 heterocycles. The normalized spacial score (nSPS) is 11.0. The van der Waals surface area contributed by atoms with Crippen LogP contribution in [0.4, 0.5) is 0 Å². The Kier molecular flexibility index (Phi) is 4.31. The maximum atomic E-state index is 6.04. The number of rotatable bonds is 4. The van der Waals surface area contributed by atoms with Gasteiger partial charge in [0, 0.05) is 23.8 Å². The van der Waals surface area contributed by atoms with Crippen LogP contribution in [0.25, 0.3) is 22.3 Å². The van der Waals surface area contributed by atoms with Crippen molar-refractivity contribution in [1.82, 2.24) is 19.5 Å². The first-order valence-electron chi connectivity index (χ1n) is 8.24. The number of aromatic nitrogens is 4. The van der Waals surface area contributed by atoms with Gasteiger partial charge in [-0.25, -0.2) is 15.0 Å². The van der Waals surface area contributed by atoms with Crippen LogP contribution in [0.15, 0.2) is 54.7 Å². The van der Waals surface area contributed by atoms with E-state index in [4.69, 9.17) is 16.3 Å². The summed E-state index contributed by atoms with van der Waals surface area (Å²) in [7, 11) is 1.96. The summed E-state index contributed by atoms with van der Waals surface area (Å²) in [6.07, 6.45) is 1.99. The van der Waals surface area contributed by atoms with Crippen LogP contribution in [-0.2, 0) is 13.7 Å². The highest BCUT2D eigenvalue weighted by atomic mass is 35.5. The van der Waals surface area contributed by atoms with Crippen LogP contribution in [0, 0.1) is 6.92 Å². The molecule has 6 heteroatoms. The molecule has 0 amide bonds. The van der Waals surface area contributed by atoms with Crippen molar-refractivity contribution < 1.29 is 4.74 Å². The van der Waals surface area contributed by atoms with Gasteiger partial charge in [0.15, 0.2) is 0 Å². The van der Waals surface area contributed by atoms with Crippen molar-refractivity contribution in [2.45, 2.75) is 13.5 Å². The Morgan fingerprint density at radius 3 is 2.62 bits per heavy atom. The van der Waals surface area contributed by atoms with Crippen molar-refractivity contribution >= 4 is 22.6 Å². The molecule has 0 radical (unpaired) electrons. The lowest BCUT2D eigenvalue weighted by Crippen LogP contribution is -2.06. The van der Waals surface area contributed by atoms with Crippen LogP contribution in [0.1, 0.15) is 11.5 Å². The van der Waals surface area contributed by atoms with Gasteiger partial charge in [0.1, 0.15) is 18.1 Å². The molecule has 5 nitrogen and oxygen atoms in total. The summed E-state index contributed by atoms with van der Waals surface area (Å²) in [4.78, 5) is 13.7. The third-order valence-electron chi connectivity index (χ3n) is 4.14. The zero-order valence-corrected chi connectivity index (χ0v) is 15.2. The SMILES string of the molecule is Cc1nc2ccc(Cl)cc2nc1OCc1nc(-c2ccccc2)cn1C. The van der Waals surface area contributed by atoms with Crippen molar-refractivity contribution in [3.8, 4) is 17.1 Å². The van der Waals surface area contributed by atoms with E-state index in [9.17, 15) is 0 Å². The largest absolute Gasteiger partial charge is 0.468 e. The molecular weight excluding hydrogens is 348 g/mol. The van der Waals surface area contributed by atoms with E-state index in [2.05, 4.69) is 15.0 Å². The van der Waals surface area contributed by atoms with Gasteiger partial charge in [0.25, 0.3) is 0 Å². The quantitative estimate of drug-likeness (QED) is 0.532. The third kappa shape index (κ3) is 3.26. The lowest BCUT2D eigenvalue weighted by Gasteiger charge is -2.09. The topological polar surface area (TPSA) is 52.8 Å². The van der Waals surface area contributed by atoms with Gasteiger partial charge in [-0.15, -0.1) is 0 Å². The molecule has 4 rings (SSSR count). The van der Waals surface area contributed by atoms with E-state index in [0.717, 1.165) is 28.3 Å². The summed E-state index contributed by atoms with van der Waals surface area (Å²) in [6, 6.07) is 15.5. The molecule has 0 unspecified atom stereocenters. The predicted octanol–water partition coefficient (Wildman–Crippen LogP) is 4.57. The van der Waals surface area contributed by atoms with Crippen molar-refractivity contribution in [3.05, 3.63) is 71.3 Å². The first kappa shape index (κ1) is 16.5. The number of hydrogen-bond acceptors (Lipinski definition) is 4. The highest BCUT2D eigenvalue weighted by Gasteiger charge is 2.11. The number of ether oxygens (including phenoxy) is 1. The average molecular weight is 365 g/mol. The Morgan fingerprint density at radius 1 is 1.00 bits per heavy atom. The second-order valence-electron chi connectivity index (χ2n) is 6.06. The van der Waals surface area contributed by atoms with Crippen LogP contribution >= 0.6 is 11.6 Å². The molecule has 0 spiro atoms. The zero-order chi connectivity index (χ0) is 18.1. The molecule has 0 atom stereocenters. The van der Waals surface area contributed by atoms with Crippen LogP contribution in [-0.4, -0.2) is 19.5 Å². The average Bonchev–Trinajstić information content (AvgIpc) is 3.02. The summed E-state index contributed by atoms with van der Waals surface area (Å²) < 4.78 is 7.86. The Balaban J connectivity index is 1.58. The van der Waals surface area contributed by atoms with Crippen LogP contribution in [0.3, 0.4) is 0 Å². The third-order valence-corrected chi connectivity index (χ3v) is 4.37. The standard InChI is InChI=1S/C20H17ClN4O/c1-13-20(24-17-10-15(21)8-9-16(17)22-13)26-12-19-23-18(11-25(19)2)14-6-4-3-5-7-14/h3-11H,12H2,1-2H3. The van der Waals surface area contributed by atoms with E-state index >= 15 is 0 Å². The highest BCUT2D eigenvalue weighted by Crippen LogP contribution is 2.23. The lowest BCUT2D eigenvalue weighted by molar-refractivity contribution is 0.278. The molecule has 4 aromatic rings.